The van der Waals surface area contributed by atoms with Crippen LogP contribution in [0.3, 0.4) is 0 Å². The van der Waals surface area contributed by atoms with Gasteiger partial charge in [0.05, 0.1) is 0 Å². The number of hydrogen-bond donors (Lipinski definition) is 1. The van der Waals surface area contributed by atoms with Crippen LogP contribution >= 0.6 is 0 Å². The van der Waals surface area contributed by atoms with Gasteiger partial charge in [-0.05, 0) is 80.9 Å². The standard InChI is InChI=1S/C27H35NO3/c1-28-15-13-25(14-16-28)27(31)19-24-8-4-7-22(17-24)6-3-2-5-21-9-11-23(12-10-21)18-26(30)20-29/h4,7-12,17,25,29H,2-3,5-6,13-16,18-20H2,1H3. The van der Waals surface area contributed by atoms with Gasteiger partial charge in [-0.3, -0.25) is 9.59 Å². The third kappa shape index (κ3) is 7.71. The van der Waals surface area contributed by atoms with Crippen LogP contribution < -0.4 is 0 Å². The molecule has 0 radical (unpaired) electrons. The Hall–Kier alpha value is -2.30. The van der Waals surface area contributed by atoms with Crippen molar-refractivity contribution in [2.24, 2.45) is 5.92 Å². The van der Waals surface area contributed by atoms with E-state index in [1.165, 1.54) is 11.1 Å². The summed E-state index contributed by atoms with van der Waals surface area (Å²) in [5, 5.41) is 8.85. The third-order valence-corrected chi connectivity index (χ3v) is 6.33. The first-order valence-electron chi connectivity index (χ1n) is 11.5. The average Bonchev–Trinajstić information content (AvgIpc) is 2.78. The molecule has 1 aliphatic heterocycles. The number of nitrogens with zero attached hydrogens (tertiary/aromatic N) is 1. The van der Waals surface area contributed by atoms with Crippen LogP contribution in [0.1, 0.15) is 47.9 Å². The maximum atomic E-state index is 12.7. The molecule has 3 rings (SSSR count). The van der Waals surface area contributed by atoms with Gasteiger partial charge in [-0.1, -0.05) is 48.5 Å². The van der Waals surface area contributed by atoms with Crippen LogP contribution in [0.15, 0.2) is 48.5 Å². The largest absolute Gasteiger partial charge is 0.389 e. The fourth-order valence-electron chi connectivity index (χ4n) is 4.34. The Morgan fingerprint density at radius 1 is 0.871 bits per heavy atom. The second kappa shape index (κ2) is 11.9. The van der Waals surface area contributed by atoms with E-state index in [2.05, 4.69) is 48.3 Å². The summed E-state index contributed by atoms with van der Waals surface area (Å²) in [6.07, 6.45) is 7.11. The van der Waals surface area contributed by atoms with E-state index in [1.54, 1.807) is 0 Å². The molecule has 0 amide bonds. The summed E-state index contributed by atoms with van der Waals surface area (Å²) >= 11 is 0. The first-order chi connectivity index (χ1) is 15.0. The van der Waals surface area contributed by atoms with Crippen molar-refractivity contribution < 1.29 is 14.7 Å². The zero-order valence-corrected chi connectivity index (χ0v) is 18.7. The highest BCUT2D eigenvalue weighted by Gasteiger charge is 2.23. The van der Waals surface area contributed by atoms with Gasteiger partial charge < -0.3 is 10.0 Å². The quantitative estimate of drug-likeness (QED) is 0.561. The van der Waals surface area contributed by atoms with Crippen LogP contribution in [0.25, 0.3) is 0 Å². The van der Waals surface area contributed by atoms with Gasteiger partial charge in [0, 0.05) is 18.8 Å². The third-order valence-electron chi connectivity index (χ3n) is 6.33. The van der Waals surface area contributed by atoms with Gasteiger partial charge >= 0.3 is 0 Å². The maximum Gasteiger partial charge on any atom is 0.162 e. The van der Waals surface area contributed by atoms with Crippen molar-refractivity contribution in [2.75, 3.05) is 26.7 Å². The predicted molar refractivity (Wildman–Crippen MR) is 124 cm³/mol. The Kier molecular flexibility index (Phi) is 8.98. The number of aryl methyl sites for hydroxylation is 2. The number of aliphatic hydroxyl groups excluding tert-OH is 1. The molecule has 1 saturated heterocycles. The lowest BCUT2D eigenvalue weighted by Crippen LogP contribution is -2.34. The van der Waals surface area contributed by atoms with E-state index in [4.69, 9.17) is 5.11 Å². The van der Waals surface area contributed by atoms with Crippen LogP contribution in [-0.2, 0) is 35.3 Å². The van der Waals surface area contributed by atoms with Crippen LogP contribution in [0.5, 0.6) is 0 Å². The van der Waals surface area contributed by atoms with Crippen molar-refractivity contribution in [2.45, 2.75) is 51.4 Å². The molecule has 0 atom stereocenters. The fourth-order valence-corrected chi connectivity index (χ4v) is 4.34. The minimum absolute atomic E-state index is 0.150. The van der Waals surface area contributed by atoms with Crippen molar-refractivity contribution >= 4 is 11.6 Å². The number of rotatable bonds is 11. The maximum absolute atomic E-state index is 12.7. The molecule has 1 N–H and O–H groups in total. The molecule has 1 aliphatic rings. The van der Waals surface area contributed by atoms with Crippen LogP contribution in [0.2, 0.25) is 0 Å². The molecule has 4 nitrogen and oxygen atoms in total. The van der Waals surface area contributed by atoms with E-state index >= 15 is 0 Å². The molecule has 2 aromatic rings. The molecule has 4 heteroatoms. The number of carbonyl (C=O) groups is 2. The van der Waals surface area contributed by atoms with Crippen molar-refractivity contribution in [3.63, 3.8) is 0 Å². The normalized spacial score (nSPS) is 15.2. The Bertz CT molecular complexity index is 851. The molecule has 0 aliphatic carbocycles. The number of benzene rings is 2. The topological polar surface area (TPSA) is 57.6 Å². The number of piperidine rings is 1. The van der Waals surface area contributed by atoms with Gasteiger partial charge in [0.15, 0.2) is 5.78 Å². The Labute approximate surface area is 186 Å². The van der Waals surface area contributed by atoms with Gasteiger partial charge in [0.2, 0.25) is 0 Å². The second-order valence-corrected chi connectivity index (χ2v) is 8.94. The molecular formula is C27H35NO3. The summed E-state index contributed by atoms with van der Waals surface area (Å²) in [5.41, 5.74) is 4.69. The Morgan fingerprint density at radius 3 is 2.16 bits per heavy atom. The van der Waals surface area contributed by atoms with E-state index in [-0.39, 0.29) is 11.7 Å². The summed E-state index contributed by atoms with van der Waals surface area (Å²) in [6, 6.07) is 16.7. The van der Waals surface area contributed by atoms with Gasteiger partial charge in [0.25, 0.3) is 0 Å². The lowest BCUT2D eigenvalue weighted by Gasteiger charge is -2.28. The smallest absolute Gasteiger partial charge is 0.162 e. The summed E-state index contributed by atoms with van der Waals surface area (Å²) in [6.45, 7) is 1.66. The molecule has 166 valence electrons. The van der Waals surface area contributed by atoms with E-state index in [9.17, 15) is 9.59 Å². The highest BCUT2D eigenvalue weighted by molar-refractivity contribution is 5.83. The molecule has 1 heterocycles. The Balaban J connectivity index is 1.41. The highest BCUT2D eigenvalue weighted by Crippen LogP contribution is 2.20. The molecule has 0 spiro atoms. The minimum atomic E-state index is -0.394. The van der Waals surface area contributed by atoms with Crippen molar-refractivity contribution in [1.29, 1.82) is 0 Å². The van der Waals surface area contributed by atoms with Crippen LogP contribution in [0, 0.1) is 5.92 Å². The lowest BCUT2D eigenvalue weighted by molar-refractivity contribution is -0.123. The van der Waals surface area contributed by atoms with E-state index in [0.29, 0.717) is 18.6 Å². The molecule has 0 bridgehead atoms. The number of unbranched alkanes of at least 4 members (excludes halogenated alkanes) is 1. The zero-order valence-electron chi connectivity index (χ0n) is 18.7. The molecule has 2 aromatic carbocycles. The number of carbonyl (C=O) groups excluding carboxylic acids is 2. The molecule has 0 unspecified atom stereocenters. The van der Waals surface area contributed by atoms with Gasteiger partial charge in [0.1, 0.15) is 12.4 Å². The van der Waals surface area contributed by atoms with E-state index < -0.39 is 6.61 Å². The van der Waals surface area contributed by atoms with Gasteiger partial charge in [-0.25, -0.2) is 0 Å². The molecular weight excluding hydrogens is 386 g/mol. The van der Waals surface area contributed by atoms with Gasteiger partial charge in [-0.15, -0.1) is 0 Å². The minimum Gasteiger partial charge on any atom is -0.389 e. The highest BCUT2D eigenvalue weighted by atomic mass is 16.3. The van der Waals surface area contributed by atoms with E-state index in [0.717, 1.165) is 62.7 Å². The SMILES string of the molecule is CN1CCC(C(=O)Cc2cccc(CCCCc3ccc(CC(=O)CO)cc3)c2)CC1. The molecule has 31 heavy (non-hydrogen) atoms. The number of likely N-dealkylation sites (tertiary alicyclic amines) is 1. The van der Waals surface area contributed by atoms with Crippen LogP contribution in [0.4, 0.5) is 0 Å². The van der Waals surface area contributed by atoms with Crippen LogP contribution in [-0.4, -0.2) is 48.3 Å². The molecule has 0 saturated carbocycles. The molecule has 1 fully saturated rings. The summed E-state index contributed by atoms with van der Waals surface area (Å²) < 4.78 is 0. The predicted octanol–water partition coefficient (Wildman–Crippen LogP) is 3.81. The van der Waals surface area contributed by atoms with Crippen molar-refractivity contribution in [1.82, 2.24) is 4.90 Å². The first-order valence-corrected chi connectivity index (χ1v) is 11.5. The van der Waals surface area contributed by atoms with Crippen molar-refractivity contribution in [3.05, 3.63) is 70.8 Å². The monoisotopic (exact) mass is 421 g/mol. The average molecular weight is 422 g/mol. The zero-order chi connectivity index (χ0) is 22.1. The number of Topliss-reactive ketones (excluding diaryl/α,β-unsaturated/α-hetero) is 2. The number of hydrogen-bond acceptors (Lipinski definition) is 4. The summed E-state index contributed by atoms with van der Waals surface area (Å²) in [4.78, 5) is 26.3. The number of aliphatic hydroxyl groups is 1. The number of ketones is 2. The lowest BCUT2D eigenvalue weighted by atomic mass is 9.89. The Morgan fingerprint density at radius 2 is 1.48 bits per heavy atom. The van der Waals surface area contributed by atoms with Crippen molar-refractivity contribution in [3.8, 4) is 0 Å². The van der Waals surface area contributed by atoms with Gasteiger partial charge in [-0.2, -0.15) is 0 Å². The first kappa shape index (κ1) is 23.4. The van der Waals surface area contributed by atoms with E-state index in [1.807, 2.05) is 12.1 Å². The molecule has 0 aromatic heterocycles. The summed E-state index contributed by atoms with van der Waals surface area (Å²) in [5.74, 6) is 0.477. The fraction of sp³-hybridized carbons (Fsp3) is 0.481. The summed E-state index contributed by atoms with van der Waals surface area (Å²) in [7, 11) is 2.13. The second-order valence-electron chi connectivity index (χ2n) is 8.94.